The van der Waals surface area contributed by atoms with Crippen molar-refractivity contribution >= 4 is 11.2 Å². The summed E-state index contributed by atoms with van der Waals surface area (Å²) in [4.78, 5) is 16.9. The van der Waals surface area contributed by atoms with Crippen LogP contribution in [0.3, 0.4) is 0 Å². The van der Waals surface area contributed by atoms with Crippen molar-refractivity contribution in [2.24, 2.45) is 5.92 Å². The van der Waals surface area contributed by atoms with Gasteiger partial charge in [0.15, 0.2) is 17.1 Å². The van der Waals surface area contributed by atoms with Gasteiger partial charge in [-0.2, -0.15) is 0 Å². The Morgan fingerprint density at radius 3 is 3.03 bits per heavy atom. The maximum atomic E-state index is 10.4. The third kappa shape index (κ3) is 2.26. The molecular weight excluding hydrogens is 382 g/mol. The molecule has 1 fully saturated rings. The van der Waals surface area contributed by atoms with Crippen molar-refractivity contribution in [3.63, 3.8) is 0 Å². The molecule has 4 heterocycles. The van der Waals surface area contributed by atoms with E-state index in [1.807, 2.05) is 12.1 Å². The molecule has 0 radical (unpaired) electrons. The third-order valence-electron chi connectivity index (χ3n) is 7.25. The highest BCUT2D eigenvalue weighted by molar-refractivity contribution is 5.67. The molecule has 8 nitrogen and oxygen atoms in total. The fraction of sp³-hybridized carbons (Fsp3) is 0.409. The van der Waals surface area contributed by atoms with E-state index in [1.54, 1.807) is 18.6 Å². The summed E-state index contributed by atoms with van der Waals surface area (Å²) in [5, 5.41) is 20.6. The van der Waals surface area contributed by atoms with Crippen LogP contribution >= 0.6 is 0 Å². The van der Waals surface area contributed by atoms with E-state index in [2.05, 4.69) is 38.0 Å². The molecule has 5 atom stereocenters. The van der Waals surface area contributed by atoms with Gasteiger partial charge in [-0.3, -0.25) is 0 Å². The van der Waals surface area contributed by atoms with Crippen molar-refractivity contribution in [2.45, 2.75) is 36.5 Å². The first-order valence-corrected chi connectivity index (χ1v) is 10.3. The molecule has 2 aromatic heterocycles. The second-order valence-corrected chi connectivity index (χ2v) is 8.59. The Kier molecular flexibility index (Phi) is 3.73. The van der Waals surface area contributed by atoms with Gasteiger partial charge >= 0.3 is 0 Å². The van der Waals surface area contributed by atoms with E-state index in [4.69, 9.17) is 4.74 Å². The number of nitrogens with one attached hydrogen (secondary N) is 1. The molecule has 0 unspecified atom stereocenters. The summed E-state index contributed by atoms with van der Waals surface area (Å²) in [5.41, 5.74) is 3.88. The molecule has 1 aromatic carbocycles. The monoisotopic (exact) mass is 405 g/mol. The van der Waals surface area contributed by atoms with Gasteiger partial charge < -0.3 is 24.8 Å². The van der Waals surface area contributed by atoms with Crippen LogP contribution in [0.25, 0.3) is 11.2 Å². The molecule has 0 amide bonds. The van der Waals surface area contributed by atoms with Gasteiger partial charge in [0.05, 0.1) is 12.5 Å². The summed E-state index contributed by atoms with van der Waals surface area (Å²) >= 11 is 0. The standard InChI is InChI=1S/C17H19NO3.C5H4N4/c1-18-7-6-17-10-3-5-13(20)16(17)21-15-12(19)4-2-9(14(15)17)8-11(10)18;1-4-5(8-2-6-1)9-3-7-4/h2-5,10-11,13,16,19-20H,6-8H2,1H3;1-3H,(H,6,7,8,9)/t10-,11+,13-,16-,17-;/m0./s1. The number of likely N-dealkylation sites (N-methyl/N-ethyl adjacent to an activating group) is 1. The van der Waals surface area contributed by atoms with Crippen LogP contribution in [0.1, 0.15) is 17.5 Å². The summed E-state index contributed by atoms with van der Waals surface area (Å²) < 4.78 is 6.09. The number of aliphatic hydroxyl groups is 1. The molecule has 8 heteroatoms. The van der Waals surface area contributed by atoms with E-state index in [0.29, 0.717) is 23.4 Å². The van der Waals surface area contributed by atoms with Crippen molar-refractivity contribution in [2.75, 3.05) is 13.6 Å². The Morgan fingerprint density at radius 1 is 1.27 bits per heavy atom. The number of hydrogen-bond acceptors (Lipinski definition) is 7. The highest BCUT2D eigenvalue weighted by Gasteiger charge is 2.64. The lowest BCUT2D eigenvalue weighted by Gasteiger charge is -2.56. The van der Waals surface area contributed by atoms with Gasteiger partial charge in [-0.1, -0.05) is 18.2 Å². The first-order chi connectivity index (χ1) is 14.6. The van der Waals surface area contributed by atoms with Gasteiger partial charge in [0.1, 0.15) is 24.1 Å². The number of phenolic OH excluding ortho intramolecular Hbond substituents is 1. The smallest absolute Gasteiger partial charge is 0.180 e. The molecule has 3 N–H and O–H groups in total. The van der Waals surface area contributed by atoms with Crippen molar-refractivity contribution in [3.05, 3.63) is 54.3 Å². The predicted octanol–water partition coefficient (Wildman–Crippen LogP) is 1.55. The van der Waals surface area contributed by atoms with E-state index in [0.717, 1.165) is 24.9 Å². The first kappa shape index (κ1) is 17.9. The fourth-order valence-corrected chi connectivity index (χ4v) is 5.93. The number of aliphatic hydroxyl groups excluding tert-OH is 1. The van der Waals surface area contributed by atoms with E-state index in [-0.39, 0.29) is 17.3 Å². The minimum atomic E-state index is -0.594. The molecule has 2 aliphatic carbocycles. The van der Waals surface area contributed by atoms with Crippen LogP contribution in [0.4, 0.5) is 0 Å². The number of ether oxygens (including phenoxy) is 1. The molecule has 1 saturated heterocycles. The SMILES string of the molecule is CN1CC[C@]23c4c5ccc(O)c4O[C@H]2[C@@H](O)C=C[C@H]3[C@H]1C5.c1ncc2[nH]cnc2n1. The third-order valence-corrected chi connectivity index (χ3v) is 7.25. The average Bonchev–Trinajstić information content (AvgIpc) is 3.37. The molecule has 1 spiro atoms. The number of aromatic nitrogens is 4. The number of hydrogen-bond donors (Lipinski definition) is 3. The zero-order chi connectivity index (χ0) is 20.5. The van der Waals surface area contributed by atoms with Crippen LogP contribution in [0.15, 0.2) is 43.1 Å². The van der Waals surface area contributed by atoms with E-state index in [1.165, 1.54) is 17.5 Å². The highest BCUT2D eigenvalue weighted by Crippen LogP contribution is 2.62. The van der Waals surface area contributed by atoms with Crippen LogP contribution in [-0.2, 0) is 11.8 Å². The Morgan fingerprint density at radius 2 is 2.17 bits per heavy atom. The zero-order valence-corrected chi connectivity index (χ0v) is 16.6. The summed E-state index contributed by atoms with van der Waals surface area (Å²) in [5.74, 6) is 1.19. The summed E-state index contributed by atoms with van der Waals surface area (Å²) in [7, 11) is 2.19. The number of phenols is 1. The molecule has 4 aliphatic rings. The lowest BCUT2D eigenvalue weighted by molar-refractivity contribution is -0.0453. The number of piperidine rings is 1. The van der Waals surface area contributed by atoms with Crippen molar-refractivity contribution in [3.8, 4) is 11.5 Å². The van der Waals surface area contributed by atoms with Gasteiger partial charge in [-0.25, -0.2) is 15.0 Å². The molecule has 154 valence electrons. The van der Waals surface area contributed by atoms with E-state index >= 15 is 0 Å². The maximum absolute atomic E-state index is 10.4. The minimum absolute atomic E-state index is 0.160. The average molecular weight is 405 g/mol. The van der Waals surface area contributed by atoms with Gasteiger partial charge in [-0.05, 0) is 38.1 Å². The highest BCUT2D eigenvalue weighted by atomic mass is 16.5. The Hall–Kier alpha value is -2.97. The predicted molar refractivity (Wildman–Crippen MR) is 109 cm³/mol. The minimum Gasteiger partial charge on any atom is -0.504 e. The summed E-state index contributed by atoms with van der Waals surface area (Å²) in [6, 6.07) is 4.23. The Labute approximate surface area is 173 Å². The molecule has 2 bridgehead atoms. The van der Waals surface area contributed by atoms with Gasteiger partial charge in [0.25, 0.3) is 0 Å². The van der Waals surface area contributed by atoms with E-state index in [9.17, 15) is 10.2 Å². The van der Waals surface area contributed by atoms with E-state index < -0.39 is 6.10 Å². The number of rotatable bonds is 0. The molecule has 0 saturated carbocycles. The normalized spacial score (nSPS) is 32.9. The Balaban J connectivity index is 0.000000163. The topological polar surface area (TPSA) is 107 Å². The van der Waals surface area contributed by atoms with Gasteiger partial charge in [0.2, 0.25) is 0 Å². The lowest BCUT2D eigenvalue weighted by Crippen LogP contribution is -2.64. The summed E-state index contributed by atoms with van der Waals surface area (Å²) in [6.07, 6.45) is 9.94. The zero-order valence-electron chi connectivity index (χ0n) is 16.6. The quantitative estimate of drug-likeness (QED) is 0.487. The second kappa shape index (κ2) is 6.26. The molecule has 3 aromatic rings. The number of likely N-dealkylation sites (tertiary alicyclic amines) is 1. The summed E-state index contributed by atoms with van der Waals surface area (Å²) in [6.45, 7) is 1.01. The van der Waals surface area contributed by atoms with Gasteiger partial charge in [-0.15, -0.1) is 0 Å². The number of H-pyrrole nitrogens is 1. The second-order valence-electron chi connectivity index (χ2n) is 8.59. The number of aromatic hydroxyl groups is 1. The van der Waals surface area contributed by atoms with Crippen molar-refractivity contribution < 1.29 is 14.9 Å². The number of fused-ring (bicyclic) bond motifs is 1. The number of aromatic amines is 1. The largest absolute Gasteiger partial charge is 0.504 e. The maximum Gasteiger partial charge on any atom is 0.180 e. The number of imidazole rings is 1. The fourth-order valence-electron chi connectivity index (χ4n) is 5.93. The molecular formula is C22H23N5O3. The van der Waals surface area contributed by atoms with Crippen LogP contribution in [0.2, 0.25) is 0 Å². The van der Waals surface area contributed by atoms with Gasteiger partial charge in [0, 0.05) is 22.9 Å². The molecule has 30 heavy (non-hydrogen) atoms. The van der Waals surface area contributed by atoms with Crippen LogP contribution in [0.5, 0.6) is 11.5 Å². The molecule has 2 aliphatic heterocycles. The van der Waals surface area contributed by atoms with Crippen LogP contribution in [-0.4, -0.2) is 66.9 Å². The van der Waals surface area contributed by atoms with Crippen molar-refractivity contribution in [1.29, 1.82) is 0 Å². The van der Waals surface area contributed by atoms with Crippen LogP contribution in [0, 0.1) is 5.92 Å². The van der Waals surface area contributed by atoms with Crippen LogP contribution < -0.4 is 4.74 Å². The lowest BCUT2D eigenvalue weighted by atomic mass is 9.53. The first-order valence-electron chi connectivity index (χ1n) is 10.3. The number of nitrogens with zero attached hydrogens (tertiary/aromatic N) is 4. The van der Waals surface area contributed by atoms with Crippen molar-refractivity contribution in [1.82, 2.24) is 24.8 Å². The number of benzene rings is 1. The molecule has 7 rings (SSSR count). The Bertz CT molecular complexity index is 1130.